The van der Waals surface area contributed by atoms with E-state index in [1.807, 2.05) is 0 Å². The lowest BCUT2D eigenvalue weighted by Gasteiger charge is -2.04. The van der Waals surface area contributed by atoms with Crippen molar-refractivity contribution < 1.29 is 9.13 Å². The Morgan fingerprint density at radius 3 is 3.00 bits per heavy atom. The minimum atomic E-state index is -0.483. The van der Waals surface area contributed by atoms with Crippen LogP contribution in [-0.2, 0) is 11.3 Å². The molecule has 1 heterocycles. The maximum atomic E-state index is 13.3. The molecule has 0 amide bonds. The van der Waals surface area contributed by atoms with E-state index in [0.29, 0.717) is 24.5 Å². The van der Waals surface area contributed by atoms with Crippen LogP contribution in [0.15, 0.2) is 18.2 Å². The van der Waals surface area contributed by atoms with Gasteiger partial charge in [-0.2, -0.15) is 0 Å². The molecule has 2 rings (SSSR count). The van der Waals surface area contributed by atoms with Crippen LogP contribution in [0.5, 0.6) is 0 Å². The quantitative estimate of drug-likeness (QED) is 0.792. The second-order valence-corrected chi connectivity index (χ2v) is 3.45. The van der Waals surface area contributed by atoms with Gasteiger partial charge in [0.2, 0.25) is 0 Å². The summed E-state index contributed by atoms with van der Waals surface area (Å²) in [6.07, 6.45) is 0. The van der Waals surface area contributed by atoms with Crippen LogP contribution in [0.3, 0.4) is 0 Å². The molecule has 7 heteroatoms. The number of hydrogen-bond acceptors (Lipinski definition) is 5. The summed E-state index contributed by atoms with van der Waals surface area (Å²) in [5.41, 5.74) is 6.09. The number of hydrogen-bond donors (Lipinski definition) is 1. The highest BCUT2D eigenvalue weighted by molar-refractivity contribution is 5.58. The van der Waals surface area contributed by atoms with E-state index < -0.39 is 5.82 Å². The average molecular weight is 237 g/mol. The molecule has 0 saturated heterocycles. The highest BCUT2D eigenvalue weighted by Crippen LogP contribution is 2.20. The maximum absolute atomic E-state index is 13.3. The number of benzene rings is 1. The van der Waals surface area contributed by atoms with Gasteiger partial charge in [-0.15, -0.1) is 5.10 Å². The number of nitrogens with zero attached hydrogens (tertiary/aromatic N) is 4. The zero-order valence-electron chi connectivity index (χ0n) is 9.30. The Balaban J connectivity index is 2.32. The fourth-order valence-corrected chi connectivity index (χ4v) is 1.41. The van der Waals surface area contributed by atoms with Gasteiger partial charge in [-0.3, -0.25) is 0 Å². The van der Waals surface area contributed by atoms with Crippen LogP contribution < -0.4 is 5.73 Å². The van der Waals surface area contributed by atoms with E-state index in [-0.39, 0.29) is 5.69 Å². The molecule has 2 aromatic rings. The second kappa shape index (κ2) is 4.88. The fourth-order valence-electron chi connectivity index (χ4n) is 1.41. The van der Waals surface area contributed by atoms with E-state index in [1.54, 1.807) is 17.9 Å². The van der Waals surface area contributed by atoms with Crippen LogP contribution in [0.25, 0.3) is 11.4 Å². The van der Waals surface area contributed by atoms with Gasteiger partial charge in [0.25, 0.3) is 0 Å². The third-order valence-corrected chi connectivity index (χ3v) is 2.30. The summed E-state index contributed by atoms with van der Waals surface area (Å²) in [5.74, 6) is 0.00439. The van der Waals surface area contributed by atoms with Gasteiger partial charge in [0.15, 0.2) is 5.82 Å². The Labute approximate surface area is 97.2 Å². The van der Waals surface area contributed by atoms with Crippen molar-refractivity contribution in [3.8, 4) is 11.4 Å². The van der Waals surface area contributed by atoms with E-state index in [0.717, 1.165) is 0 Å². The molecule has 0 bridgehead atoms. The number of tetrazole rings is 1. The van der Waals surface area contributed by atoms with Gasteiger partial charge in [0.1, 0.15) is 5.82 Å². The number of halogens is 1. The molecular weight excluding hydrogens is 225 g/mol. The number of aromatic nitrogens is 4. The molecule has 17 heavy (non-hydrogen) atoms. The third-order valence-electron chi connectivity index (χ3n) is 2.30. The number of methoxy groups -OCH3 is 1. The van der Waals surface area contributed by atoms with Crippen LogP contribution in [0.1, 0.15) is 0 Å². The molecule has 6 nitrogen and oxygen atoms in total. The van der Waals surface area contributed by atoms with Gasteiger partial charge in [-0.05, 0) is 28.6 Å². The van der Waals surface area contributed by atoms with Gasteiger partial charge in [0, 0.05) is 12.7 Å². The molecule has 0 fully saturated rings. The Morgan fingerprint density at radius 1 is 1.47 bits per heavy atom. The van der Waals surface area contributed by atoms with Crippen molar-refractivity contribution in [3.63, 3.8) is 0 Å². The Kier molecular flexibility index (Phi) is 3.29. The molecule has 0 radical (unpaired) electrons. The summed E-state index contributed by atoms with van der Waals surface area (Å²) in [7, 11) is 1.59. The number of ether oxygens (including phenoxy) is 1. The lowest BCUT2D eigenvalue weighted by atomic mass is 10.2. The first-order valence-electron chi connectivity index (χ1n) is 5.03. The summed E-state index contributed by atoms with van der Waals surface area (Å²) < 4.78 is 19.8. The lowest BCUT2D eigenvalue weighted by molar-refractivity contribution is 0.183. The predicted octanol–water partition coefficient (Wildman–Crippen LogP) is 0.708. The molecule has 0 spiro atoms. The topological polar surface area (TPSA) is 78.8 Å². The molecule has 0 aliphatic carbocycles. The van der Waals surface area contributed by atoms with Crippen molar-refractivity contribution in [2.75, 3.05) is 19.5 Å². The zero-order chi connectivity index (χ0) is 12.3. The summed E-state index contributed by atoms with van der Waals surface area (Å²) in [5, 5.41) is 11.2. The SMILES string of the molecule is COCCn1nnnc1-c1ccc(N)c(F)c1. The van der Waals surface area contributed by atoms with Gasteiger partial charge < -0.3 is 10.5 Å². The van der Waals surface area contributed by atoms with Crippen LogP contribution in [0.2, 0.25) is 0 Å². The fraction of sp³-hybridized carbons (Fsp3) is 0.300. The number of anilines is 1. The highest BCUT2D eigenvalue weighted by Gasteiger charge is 2.10. The number of nitrogen functional groups attached to an aromatic ring is 1. The van der Waals surface area contributed by atoms with Crippen molar-refractivity contribution in [3.05, 3.63) is 24.0 Å². The maximum Gasteiger partial charge on any atom is 0.182 e. The van der Waals surface area contributed by atoms with Gasteiger partial charge in [0.05, 0.1) is 18.8 Å². The van der Waals surface area contributed by atoms with Gasteiger partial charge >= 0.3 is 0 Å². The Hall–Kier alpha value is -2.02. The minimum Gasteiger partial charge on any atom is -0.396 e. The number of rotatable bonds is 4. The molecule has 0 saturated carbocycles. The third kappa shape index (κ3) is 2.39. The molecule has 0 aliphatic heterocycles. The van der Waals surface area contributed by atoms with Crippen LogP contribution in [0.4, 0.5) is 10.1 Å². The standard InChI is InChI=1S/C10H12FN5O/c1-17-5-4-16-10(13-14-15-16)7-2-3-9(12)8(11)6-7/h2-3,6H,4-5,12H2,1H3. The van der Waals surface area contributed by atoms with Crippen molar-refractivity contribution in [1.82, 2.24) is 20.2 Å². The molecule has 90 valence electrons. The normalized spacial score (nSPS) is 10.7. The smallest absolute Gasteiger partial charge is 0.182 e. The first-order chi connectivity index (χ1) is 8.22. The van der Waals surface area contributed by atoms with E-state index >= 15 is 0 Å². The van der Waals surface area contributed by atoms with Gasteiger partial charge in [-0.25, -0.2) is 9.07 Å². The summed E-state index contributed by atoms with van der Waals surface area (Å²) in [6.45, 7) is 0.986. The summed E-state index contributed by atoms with van der Waals surface area (Å²) in [6, 6.07) is 4.47. The van der Waals surface area contributed by atoms with E-state index in [4.69, 9.17) is 10.5 Å². The van der Waals surface area contributed by atoms with Crippen molar-refractivity contribution in [1.29, 1.82) is 0 Å². The molecule has 0 atom stereocenters. The predicted molar refractivity (Wildman–Crippen MR) is 59.5 cm³/mol. The summed E-state index contributed by atoms with van der Waals surface area (Å²) in [4.78, 5) is 0. The molecule has 0 aliphatic rings. The van der Waals surface area contributed by atoms with Crippen molar-refractivity contribution in [2.45, 2.75) is 6.54 Å². The van der Waals surface area contributed by atoms with Crippen LogP contribution in [0, 0.1) is 5.82 Å². The lowest BCUT2D eigenvalue weighted by Crippen LogP contribution is -2.08. The molecule has 0 unspecified atom stereocenters. The number of nitrogens with two attached hydrogens (primary N) is 1. The summed E-state index contributed by atoms with van der Waals surface area (Å²) >= 11 is 0. The monoisotopic (exact) mass is 237 g/mol. The average Bonchev–Trinajstić information content (AvgIpc) is 2.78. The minimum absolute atomic E-state index is 0.102. The second-order valence-electron chi connectivity index (χ2n) is 3.45. The van der Waals surface area contributed by atoms with E-state index in [2.05, 4.69) is 15.5 Å². The molecule has 1 aromatic carbocycles. The van der Waals surface area contributed by atoms with Crippen LogP contribution in [-0.4, -0.2) is 33.9 Å². The zero-order valence-corrected chi connectivity index (χ0v) is 9.30. The van der Waals surface area contributed by atoms with E-state index in [9.17, 15) is 4.39 Å². The largest absolute Gasteiger partial charge is 0.396 e. The van der Waals surface area contributed by atoms with Gasteiger partial charge in [-0.1, -0.05) is 0 Å². The first kappa shape index (κ1) is 11.5. The molecule has 2 N–H and O–H groups in total. The first-order valence-corrected chi connectivity index (χ1v) is 5.03. The van der Waals surface area contributed by atoms with Crippen molar-refractivity contribution >= 4 is 5.69 Å². The molecular formula is C10H12FN5O. The molecule has 1 aromatic heterocycles. The van der Waals surface area contributed by atoms with Crippen molar-refractivity contribution in [2.24, 2.45) is 0 Å². The highest BCUT2D eigenvalue weighted by atomic mass is 19.1. The van der Waals surface area contributed by atoms with E-state index in [1.165, 1.54) is 12.1 Å². The Bertz CT molecular complexity index is 513. The Morgan fingerprint density at radius 2 is 2.29 bits per heavy atom. The van der Waals surface area contributed by atoms with Crippen LogP contribution >= 0.6 is 0 Å².